The van der Waals surface area contributed by atoms with E-state index in [-0.39, 0.29) is 11.9 Å². The lowest BCUT2D eigenvalue weighted by molar-refractivity contribution is -0.123. The Bertz CT molecular complexity index is 601. The predicted octanol–water partition coefficient (Wildman–Crippen LogP) is 3.20. The molecule has 0 heterocycles. The number of rotatable bonds is 5. The Morgan fingerprint density at radius 3 is 2.57 bits per heavy atom. The number of amides is 1. The van der Waals surface area contributed by atoms with Gasteiger partial charge in [-0.05, 0) is 36.6 Å². The van der Waals surface area contributed by atoms with Crippen LogP contribution in [0.25, 0.3) is 0 Å². The lowest BCUT2D eigenvalue weighted by Crippen LogP contribution is -2.42. The van der Waals surface area contributed by atoms with Crippen molar-refractivity contribution in [3.8, 4) is 0 Å². The second kappa shape index (κ2) is 7.38. The molecule has 4 heteroatoms. The maximum atomic E-state index is 12.2. The first kappa shape index (κ1) is 15.7. The number of nitrogens with one attached hydrogen (secondary N) is 1. The molecule has 2 atom stereocenters. The van der Waals surface area contributed by atoms with E-state index in [2.05, 4.69) is 21.2 Å². The van der Waals surface area contributed by atoms with Crippen molar-refractivity contribution < 1.29 is 4.79 Å². The molecule has 0 aromatic heterocycles. The minimum atomic E-state index is -0.540. The molecule has 0 bridgehead atoms. The van der Waals surface area contributed by atoms with Gasteiger partial charge in [-0.15, -0.1) is 0 Å². The molecule has 0 unspecified atom stereocenters. The zero-order chi connectivity index (χ0) is 15.2. The maximum absolute atomic E-state index is 12.2. The van der Waals surface area contributed by atoms with E-state index in [9.17, 15) is 4.79 Å². The average molecular weight is 347 g/mol. The highest BCUT2D eigenvalue weighted by Gasteiger charge is 2.17. The van der Waals surface area contributed by atoms with Crippen molar-refractivity contribution in [1.29, 1.82) is 0 Å². The maximum Gasteiger partial charge on any atom is 0.237 e. The monoisotopic (exact) mass is 346 g/mol. The van der Waals surface area contributed by atoms with Gasteiger partial charge in [-0.1, -0.05) is 58.4 Å². The van der Waals surface area contributed by atoms with Crippen molar-refractivity contribution in [1.82, 2.24) is 5.32 Å². The standard InChI is InChI=1S/C17H19BrN2O/c1-12(14-8-5-9-15(18)11-14)20-17(21)16(19)10-13-6-3-2-4-7-13/h2-9,11-12,16H,10,19H2,1H3,(H,20,21)/t12-,16-/m0/s1. The molecule has 110 valence electrons. The van der Waals surface area contributed by atoms with Crippen molar-refractivity contribution in [2.24, 2.45) is 5.73 Å². The third-order valence-electron chi connectivity index (χ3n) is 3.34. The van der Waals surface area contributed by atoms with Crippen molar-refractivity contribution in [2.75, 3.05) is 0 Å². The molecule has 0 aliphatic rings. The van der Waals surface area contributed by atoms with Crippen LogP contribution in [0.1, 0.15) is 24.1 Å². The van der Waals surface area contributed by atoms with E-state index < -0.39 is 6.04 Å². The van der Waals surface area contributed by atoms with Crippen LogP contribution in [0.3, 0.4) is 0 Å². The van der Waals surface area contributed by atoms with E-state index >= 15 is 0 Å². The minimum Gasteiger partial charge on any atom is -0.348 e. The van der Waals surface area contributed by atoms with Crippen molar-refractivity contribution in [2.45, 2.75) is 25.4 Å². The fourth-order valence-corrected chi connectivity index (χ4v) is 2.56. The van der Waals surface area contributed by atoms with Crippen LogP contribution in [-0.4, -0.2) is 11.9 Å². The van der Waals surface area contributed by atoms with E-state index in [1.807, 2.05) is 61.5 Å². The molecule has 2 rings (SSSR count). The zero-order valence-corrected chi connectivity index (χ0v) is 13.5. The molecular formula is C17H19BrN2O. The van der Waals surface area contributed by atoms with Gasteiger partial charge in [-0.3, -0.25) is 4.79 Å². The molecule has 0 saturated heterocycles. The summed E-state index contributed by atoms with van der Waals surface area (Å²) in [4.78, 5) is 12.2. The molecule has 0 radical (unpaired) electrons. The van der Waals surface area contributed by atoms with Crippen LogP contribution in [0, 0.1) is 0 Å². The Labute approximate surface area is 133 Å². The summed E-state index contributed by atoms with van der Waals surface area (Å²) >= 11 is 3.43. The highest BCUT2D eigenvalue weighted by Crippen LogP contribution is 2.18. The Kier molecular flexibility index (Phi) is 5.53. The van der Waals surface area contributed by atoms with E-state index in [0.29, 0.717) is 6.42 Å². The molecule has 0 aliphatic carbocycles. The number of hydrogen-bond donors (Lipinski definition) is 2. The quantitative estimate of drug-likeness (QED) is 0.873. The van der Waals surface area contributed by atoms with Gasteiger partial charge < -0.3 is 11.1 Å². The summed E-state index contributed by atoms with van der Waals surface area (Å²) in [6, 6.07) is 17.1. The first-order chi connectivity index (χ1) is 10.1. The van der Waals surface area contributed by atoms with Gasteiger partial charge in [0.05, 0.1) is 12.1 Å². The van der Waals surface area contributed by atoms with Crippen molar-refractivity contribution in [3.05, 3.63) is 70.2 Å². The normalized spacial score (nSPS) is 13.5. The van der Waals surface area contributed by atoms with Gasteiger partial charge in [-0.25, -0.2) is 0 Å². The molecule has 0 aliphatic heterocycles. The summed E-state index contributed by atoms with van der Waals surface area (Å²) in [6.45, 7) is 1.95. The van der Waals surface area contributed by atoms with Gasteiger partial charge >= 0.3 is 0 Å². The van der Waals surface area contributed by atoms with Crippen LogP contribution >= 0.6 is 15.9 Å². The third-order valence-corrected chi connectivity index (χ3v) is 3.84. The molecule has 3 N–H and O–H groups in total. The molecule has 0 spiro atoms. The second-order valence-corrected chi connectivity index (χ2v) is 6.00. The Balaban J connectivity index is 1.94. The molecule has 2 aromatic rings. The fourth-order valence-electron chi connectivity index (χ4n) is 2.14. The van der Waals surface area contributed by atoms with E-state index in [0.717, 1.165) is 15.6 Å². The van der Waals surface area contributed by atoms with E-state index in [1.165, 1.54) is 0 Å². The van der Waals surface area contributed by atoms with Gasteiger partial charge in [-0.2, -0.15) is 0 Å². The summed E-state index contributed by atoms with van der Waals surface area (Å²) in [5.74, 6) is -0.133. The number of carbonyl (C=O) groups is 1. The Morgan fingerprint density at radius 1 is 1.19 bits per heavy atom. The summed E-state index contributed by atoms with van der Waals surface area (Å²) in [7, 11) is 0. The first-order valence-corrected chi connectivity index (χ1v) is 7.71. The number of hydrogen-bond acceptors (Lipinski definition) is 2. The van der Waals surface area contributed by atoms with E-state index in [4.69, 9.17) is 5.73 Å². The topological polar surface area (TPSA) is 55.1 Å². The van der Waals surface area contributed by atoms with Gasteiger partial charge in [0.2, 0.25) is 5.91 Å². The average Bonchev–Trinajstić information content (AvgIpc) is 2.48. The number of carbonyl (C=O) groups excluding carboxylic acids is 1. The summed E-state index contributed by atoms with van der Waals surface area (Å²) < 4.78 is 0.995. The van der Waals surface area contributed by atoms with Gasteiger partial charge in [0.25, 0.3) is 0 Å². The lowest BCUT2D eigenvalue weighted by atomic mass is 10.0. The molecule has 2 aromatic carbocycles. The smallest absolute Gasteiger partial charge is 0.237 e. The molecular weight excluding hydrogens is 328 g/mol. The molecule has 1 amide bonds. The summed E-state index contributed by atoms with van der Waals surface area (Å²) in [5, 5.41) is 2.96. The third kappa shape index (κ3) is 4.69. The Morgan fingerprint density at radius 2 is 1.90 bits per heavy atom. The van der Waals surface area contributed by atoms with Crippen molar-refractivity contribution >= 4 is 21.8 Å². The molecule has 0 saturated carbocycles. The van der Waals surface area contributed by atoms with Gasteiger partial charge in [0, 0.05) is 4.47 Å². The van der Waals surface area contributed by atoms with Crippen LogP contribution in [0.5, 0.6) is 0 Å². The van der Waals surface area contributed by atoms with Crippen LogP contribution in [0.2, 0.25) is 0 Å². The van der Waals surface area contributed by atoms with Crippen LogP contribution < -0.4 is 11.1 Å². The number of nitrogens with two attached hydrogens (primary N) is 1. The SMILES string of the molecule is C[C@H](NC(=O)[C@@H](N)Cc1ccccc1)c1cccc(Br)c1. The van der Waals surface area contributed by atoms with Crippen LogP contribution in [0.4, 0.5) is 0 Å². The van der Waals surface area contributed by atoms with Crippen molar-refractivity contribution in [3.63, 3.8) is 0 Å². The predicted molar refractivity (Wildman–Crippen MR) is 88.8 cm³/mol. The lowest BCUT2D eigenvalue weighted by Gasteiger charge is -2.18. The molecule has 3 nitrogen and oxygen atoms in total. The minimum absolute atomic E-state index is 0.0724. The van der Waals surface area contributed by atoms with E-state index in [1.54, 1.807) is 0 Å². The second-order valence-electron chi connectivity index (χ2n) is 5.08. The highest BCUT2D eigenvalue weighted by molar-refractivity contribution is 9.10. The highest BCUT2D eigenvalue weighted by atomic mass is 79.9. The zero-order valence-electron chi connectivity index (χ0n) is 11.9. The van der Waals surface area contributed by atoms with Crippen LogP contribution in [0.15, 0.2) is 59.1 Å². The summed E-state index contributed by atoms with van der Waals surface area (Å²) in [5.41, 5.74) is 8.10. The molecule has 21 heavy (non-hydrogen) atoms. The Hall–Kier alpha value is -1.65. The first-order valence-electron chi connectivity index (χ1n) is 6.91. The van der Waals surface area contributed by atoms with Crippen LogP contribution in [-0.2, 0) is 11.2 Å². The largest absolute Gasteiger partial charge is 0.348 e. The number of halogens is 1. The van der Waals surface area contributed by atoms with Gasteiger partial charge in [0.1, 0.15) is 0 Å². The van der Waals surface area contributed by atoms with Gasteiger partial charge in [0.15, 0.2) is 0 Å². The fraction of sp³-hybridized carbons (Fsp3) is 0.235. The summed E-state index contributed by atoms with van der Waals surface area (Å²) in [6.07, 6.45) is 0.540. The number of benzene rings is 2. The molecule has 0 fully saturated rings.